The lowest BCUT2D eigenvalue weighted by Crippen LogP contribution is -2.24. The molecule has 2 rings (SSSR count). The van der Waals surface area contributed by atoms with Gasteiger partial charge < -0.3 is 5.11 Å². The van der Waals surface area contributed by atoms with Gasteiger partial charge in [0.2, 0.25) is 0 Å². The summed E-state index contributed by atoms with van der Waals surface area (Å²) in [5.74, 6) is 0.675. The van der Waals surface area contributed by atoms with Crippen LogP contribution in [-0.2, 0) is 13.2 Å². The Labute approximate surface area is 113 Å². The van der Waals surface area contributed by atoms with E-state index in [1.54, 1.807) is 11.5 Å². The van der Waals surface area contributed by atoms with E-state index in [-0.39, 0.29) is 12.2 Å². The third-order valence-electron chi connectivity index (χ3n) is 2.75. The zero-order valence-corrected chi connectivity index (χ0v) is 11.5. The number of hydrogen-bond donors (Lipinski definition) is 1. The van der Waals surface area contributed by atoms with Crippen LogP contribution in [0.15, 0.2) is 39.7 Å². The summed E-state index contributed by atoms with van der Waals surface area (Å²) in [7, 11) is 0. The van der Waals surface area contributed by atoms with Crippen LogP contribution in [0.2, 0.25) is 0 Å². The molecule has 94 valence electrons. The fourth-order valence-electron chi connectivity index (χ4n) is 1.67. The molecule has 0 bridgehead atoms. The number of nitrogens with zero attached hydrogens (tertiary/aromatic N) is 2. The largest absolute Gasteiger partial charge is 0.392 e. The summed E-state index contributed by atoms with van der Waals surface area (Å²) in [6.45, 7) is 2.30. The van der Waals surface area contributed by atoms with E-state index in [0.29, 0.717) is 16.8 Å². The highest BCUT2D eigenvalue weighted by Gasteiger charge is 2.06. The van der Waals surface area contributed by atoms with Crippen molar-refractivity contribution in [3.8, 4) is 0 Å². The third kappa shape index (κ3) is 2.68. The van der Waals surface area contributed by atoms with Crippen LogP contribution in [0.5, 0.6) is 0 Å². The maximum atomic E-state index is 12.0. The van der Waals surface area contributed by atoms with Gasteiger partial charge in [-0.2, -0.15) is 0 Å². The number of aryl methyl sites for hydroxylation is 1. The molecule has 0 atom stereocenters. The van der Waals surface area contributed by atoms with Gasteiger partial charge in [-0.05, 0) is 34.0 Å². The molecule has 0 unspecified atom stereocenters. The minimum atomic E-state index is -0.0891. The van der Waals surface area contributed by atoms with E-state index in [4.69, 9.17) is 5.11 Å². The van der Waals surface area contributed by atoms with E-state index in [1.165, 1.54) is 6.20 Å². The molecule has 1 aromatic heterocycles. The number of aliphatic hydroxyl groups excluding tert-OH is 1. The molecule has 0 radical (unpaired) electrons. The Morgan fingerprint density at radius 2 is 1.89 bits per heavy atom. The Morgan fingerprint density at radius 1 is 1.28 bits per heavy atom. The van der Waals surface area contributed by atoms with E-state index >= 15 is 0 Å². The molecule has 0 fully saturated rings. The molecule has 1 N–H and O–H groups in total. The highest BCUT2D eigenvalue weighted by atomic mass is 79.9. The second-order valence-electron chi connectivity index (χ2n) is 4.02. The van der Waals surface area contributed by atoms with Crippen molar-refractivity contribution in [1.29, 1.82) is 0 Å². The minimum Gasteiger partial charge on any atom is -0.392 e. The summed E-state index contributed by atoms with van der Waals surface area (Å²) in [4.78, 5) is 16.1. The summed E-state index contributed by atoms with van der Waals surface area (Å²) in [6.07, 6.45) is 1.52. The smallest absolute Gasteiger partial charge is 0.268 e. The highest BCUT2D eigenvalue weighted by molar-refractivity contribution is 9.10. The number of hydrogen-bond acceptors (Lipinski definition) is 3. The monoisotopic (exact) mass is 308 g/mol. The van der Waals surface area contributed by atoms with Crippen molar-refractivity contribution < 1.29 is 5.11 Å². The van der Waals surface area contributed by atoms with E-state index in [1.807, 2.05) is 24.3 Å². The van der Waals surface area contributed by atoms with Gasteiger partial charge in [0.15, 0.2) is 0 Å². The normalized spacial score (nSPS) is 10.6. The lowest BCUT2D eigenvalue weighted by Gasteiger charge is -2.09. The molecular weight excluding hydrogens is 296 g/mol. The molecule has 5 heteroatoms. The zero-order valence-electron chi connectivity index (χ0n) is 9.93. The van der Waals surface area contributed by atoms with Crippen molar-refractivity contribution in [2.24, 2.45) is 0 Å². The van der Waals surface area contributed by atoms with Crippen molar-refractivity contribution in [2.75, 3.05) is 0 Å². The van der Waals surface area contributed by atoms with Crippen molar-refractivity contribution in [1.82, 2.24) is 9.55 Å². The van der Waals surface area contributed by atoms with Crippen LogP contribution in [0.1, 0.15) is 17.0 Å². The lowest BCUT2D eigenvalue weighted by molar-refractivity contribution is 0.282. The Kier molecular flexibility index (Phi) is 3.93. The predicted molar refractivity (Wildman–Crippen MR) is 72.4 cm³/mol. The van der Waals surface area contributed by atoms with Crippen LogP contribution < -0.4 is 5.56 Å². The summed E-state index contributed by atoms with van der Waals surface area (Å²) in [5.41, 5.74) is 1.77. The molecule has 0 aliphatic carbocycles. The Hall–Kier alpha value is -1.46. The third-order valence-corrected chi connectivity index (χ3v) is 3.29. The Morgan fingerprint density at radius 3 is 2.50 bits per heavy atom. The van der Waals surface area contributed by atoms with E-state index in [2.05, 4.69) is 20.9 Å². The maximum absolute atomic E-state index is 12.0. The van der Waals surface area contributed by atoms with Crippen molar-refractivity contribution >= 4 is 15.9 Å². The predicted octanol–water partition coefficient (Wildman–Crippen LogP) is 1.85. The molecule has 1 heterocycles. The van der Waals surface area contributed by atoms with Gasteiger partial charge in [-0.1, -0.05) is 24.3 Å². The fourth-order valence-corrected chi connectivity index (χ4v) is 1.99. The highest BCUT2D eigenvalue weighted by Crippen LogP contribution is 2.08. The van der Waals surface area contributed by atoms with Gasteiger partial charge in [0.1, 0.15) is 10.3 Å². The van der Waals surface area contributed by atoms with Crippen LogP contribution in [-0.4, -0.2) is 14.7 Å². The van der Waals surface area contributed by atoms with Gasteiger partial charge in [-0.3, -0.25) is 9.36 Å². The molecule has 0 saturated carbocycles. The van der Waals surface area contributed by atoms with Crippen LogP contribution in [0.25, 0.3) is 0 Å². The van der Waals surface area contributed by atoms with E-state index < -0.39 is 0 Å². The van der Waals surface area contributed by atoms with Crippen LogP contribution in [0.4, 0.5) is 0 Å². The van der Waals surface area contributed by atoms with Gasteiger partial charge in [-0.15, -0.1) is 0 Å². The Bertz CT molecular complexity index is 605. The molecule has 0 aliphatic rings. The molecule has 0 spiro atoms. The minimum absolute atomic E-state index is 0.0255. The van der Waals surface area contributed by atoms with Crippen molar-refractivity contribution in [2.45, 2.75) is 20.1 Å². The molecular formula is C13H13BrN2O2. The molecule has 18 heavy (non-hydrogen) atoms. The number of benzene rings is 1. The average Bonchev–Trinajstić information content (AvgIpc) is 2.40. The maximum Gasteiger partial charge on any atom is 0.268 e. The molecule has 1 aromatic carbocycles. The van der Waals surface area contributed by atoms with E-state index in [9.17, 15) is 4.79 Å². The Balaban J connectivity index is 2.33. The first-order valence-electron chi connectivity index (χ1n) is 5.52. The first-order chi connectivity index (χ1) is 8.61. The van der Waals surface area contributed by atoms with Gasteiger partial charge in [-0.25, -0.2) is 4.98 Å². The number of aromatic nitrogens is 2. The SMILES string of the molecule is Cc1ncc(Br)c(=O)n1Cc1ccc(CO)cc1. The quantitative estimate of drug-likeness (QED) is 0.941. The molecule has 2 aromatic rings. The summed E-state index contributed by atoms with van der Waals surface area (Å²) in [5, 5.41) is 8.97. The second-order valence-corrected chi connectivity index (χ2v) is 4.87. The van der Waals surface area contributed by atoms with Gasteiger partial charge >= 0.3 is 0 Å². The van der Waals surface area contributed by atoms with Gasteiger partial charge in [0.05, 0.1) is 13.2 Å². The lowest BCUT2D eigenvalue weighted by atomic mass is 10.1. The van der Waals surface area contributed by atoms with E-state index in [0.717, 1.165) is 11.1 Å². The first-order valence-corrected chi connectivity index (χ1v) is 6.31. The summed E-state index contributed by atoms with van der Waals surface area (Å²) < 4.78 is 2.07. The van der Waals surface area contributed by atoms with Crippen molar-refractivity contribution in [3.05, 3.63) is 62.2 Å². The molecule has 4 nitrogen and oxygen atoms in total. The summed E-state index contributed by atoms with van der Waals surface area (Å²) in [6, 6.07) is 7.50. The van der Waals surface area contributed by atoms with Gasteiger partial charge in [0.25, 0.3) is 5.56 Å². The average molecular weight is 309 g/mol. The fraction of sp³-hybridized carbons (Fsp3) is 0.231. The number of aliphatic hydroxyl groups is 1. The number of halogens is 1. The topological polar surface area (TPSA) is 55.1 Å². The summed E-state index contributed by atoms with van der Waals surface area (Å²) >= 11 is 3.19. The number of rotatable bonds is 3. The van der Waals surface area contributed by atoms with Crippen LogP contribution in [0.3, 0.4) is 0 Å². The van der Waals surface area contributed by atoms with Gasteiger partial charge in [0, 0.05) is 6.20 Å². The van der Waals surface area contributed by atoms with Crippen molar-refractivity contribution in [3.63, 3.8) is 0 Å². The standard InChI is InChI=1S/C13H13BrN2O2/c1-9-15-6-12(14)13(18)16(9)7-10-2-4-11(8-17)5-3-10/h2-6,17H,7-8H2,1H3. The molecule has 0 aliphatic heterocycles. The van der Waals surface area contributed by atoms with Crippen LogP contribution in [0, 0.1) is 6.92 Å². The van der Waals surface area contributed by atoms with Crippen LogP contribution >= 0.6 is 15.9 Å². The molecule has 0 amide bonds. The zero-order chi connectivity index (χ0) is 13.1. The molecule has 0 saturated heterocycles. The first kappa shape index (κ1) is 13.0. The second kappa shape index (κ2) is 5.46.